The largest absolute Gasteiger partial charge is 0.493 e. The Hall–Kier alpha value is -3.43. The molecule has 3 aromatic rings. The van der Waals surface area contributed by atoms with Gasteiger partial charge in [-0.15, -0.1) is 11.3 Å². The maximum Gasteiger partial charge on any atom is 0.254 e. The van der Waals surface area contributed by atoms with E-state index in [0.29, 0.717) is 55.6 Å². The molecule has 9 heteroatoms. The van der Waals surface area contributed by atoms with Crippen molar-refractivity contribution >= 4 is 23.2 Å². The standard InChI is InChI=1S/C25H27N3O5S/c1-31-21-8-7-19(13-22(21)32-2)24-27-20(16-34-24)14-23(29)26-15-17-3-5-18(6-4-17)25(30)28-9-11-33-12-10-28/h3-8,13,16H,9-12,14-15H2,1-2H3,(H,26,29). The van der Waals surface area contributed by atoms with E-state index in [1.165, 1.54) is 11.3 Å². The average Bonchev–Trinajstić information content (AvgIpc) is 3.35. The Kier molecular flexibility index (Phi) is 7.76. The molecule has 2 heterocycles. The summed E-state index contributed by atoms with van der Waals surface area (Å²) in [5.74, 6) is 1.18. The van der Waals surface area contributed by atoms with Crippen LogP contribution in [0.15, 0.2) is 47.8 Å². The van der Waals surface area contributed by atoms with E-state index in [1.807, 2.05) is 35.7 Å². The van der Waals surface area contributed by atoms with Gasteiger partial charge in [0.05, 0.1) is 39.5 Å². The quantitative estimate of drug-likeness (QED) is 0.532. The van der Waals surface area contributed by atoms with Crippen molar-refractivity contribution in [2.45, 2.75) is 13.0 Å². The summed E-state index contributed by atoms with van der Waals surface area (Å²) in [6.45, 7) is 2.76. The molecule has 34 heavy (non-hydrogen) atoms. The van der Waals surface area contributed by atoms with Crippen LogP contribution >= 0.6 is 11.3 Å². The Bertz CT molecular complexity index is 1140. The van der Waals surface area contributed by atoms with E-state index in [0.717, 1.165) is 16.1 Å². The molecular formula is C25H27N3O5S. The molecule has 0 bridgehead atoms. The Morgan fingerprint density at radius 1 is 1.06 bits per heavy atom. The lowest BCUT2D eigenvalue weighted by atomic mass is 10.1. The molecule has 1 saturated heterocycles. The van der Waals surface area contributed by atoms with E-state index in [9.17, 15) is 9.59 Å². The number of nitrogens with one attached hydrogen (secondary N) is 1. The zero-order valence-corrected chi connectivity index (χ0v) is 20.0. The highest BCUT2D eigenvalue weighted by Gasteiger charge is 2.18. The summed E-state index contributed by atoms with van der Waals surface area (Å²) in [5, 5.41) is 5.62. The zero-order chi connectivity index (χ0) is 23.9. The third kappa shape index (κ3) is 5.73. The van der Waals surface area contributed by atoms with Crippen LogP contribution in [0.3, 0.4) is 0 Å². The number of amides is 2. The summed E-state index contributed by atoms with van der Waals surface area (Å²) >= 11 is 1.48. The van der Waals surface area contributed by atoms with Crippen molar-refractivity contribution in [3.05, 3.63) is 64.7 Å². The van der Waals surface area contributed by atoms with Crippen LogP contribution in [0, 0.1) is 0 Å². The molecule has 2 amide bonds. The van der Waals surface area contributed by atoms with Crippen molar-refractivity contribution in [1.29, 1.82) is 0 Å². The predicted molar refractivity (Wildman–Crippen MR) is 129 cm³/mol. The molecule has 8 nitrogen and oxygen atoms in total. The number of hydrogen-bond acceptors (Lipinski definition) is 7. The van der Waals surface area contributed by atoms with Gasteiger partial charge in [-0.1, -0.05) is 12.1 Å². The van der Waals surface area contributed by atoms with Crippen LogP contribution in [0.25, 0.3) is 10.6 Å². The highest BCUT2D eigenvalue weighted by molar-refractivity contribution is 7.13. The Labute approximate surface area is 202 Å². The van der Waals surface area contributed by atoms with Crippen LogP contribution in [0.1, 0.15) is 21.6 Å². The minimum Gasteiger partial charge on any atom is -0.493 e. The molecule has 1 aliphatic rings. The molecule has 2 aromatic carbocycles. The molecule has 1 fully saturated rings. The minimum atomic E-state index is -0.113. The van der Waals surface area contributed by atoms with Gasteiger partial charge in [-0.2, -0.15) is 0 Å². The van der Waals surface area contributed by atoms with Gasteiger partial charge in [0.2, 0.25) is 5.91 Å². The van der Waals surface area contributed by atoms with Crippen molar-refractivity contribution in [3.8, 4) is 22.1 Å². The monoisotopic (exact) mass is 481 g/mol. The minimum absolute atomic E-state index is 0.00713. The summed E-state index contributed by atoms with van der Waals surface area (Å²) in [7, 11) is 3.19. The van der Waals surface area contributed by atoms with Crippen molar-refractivity contribution in [1.82, 2.24) is 15.2 Å². The lowest BCUT2D eigenvalue weighted by Gasteiger charge is -2.26. The van der Waals surface area contributed by atoms with Gasteiger partial charge in [-0.3, -0.25) is 9.59 Å². The van der Waals surface area contributed by atoms with E-state index in [2.05, 4.69) is 10.3 Å². The number of morpholine rings is 1. The zero-order valence-electron chi connectivity index (χ0n) is 19.2. The highest BCUT2D eigenvalue weighted by atomic mass is 32.1. The summed E-state index contributed by atoms with van der Waals surface area (Å²) in [5.41, 5.74) is 3.18. The van der Waals surface area contributed by atoms with E-state index in [-0.39, 0.29) is 18.2 Å². The van der Waals surface area contributed by atoms with Crippen molar-refractivity contribution in [2.75, 3.05) is 40.5 Å². The van der Waals surface area contributed by atoms with Gasteiger partial charge in [-0.05, 0) is 35.9 Å². The number of rotatable bonds is 8. The lowest BCUT2D eigenvalue weighted by molar-refractivity contribution is -0.120. The molecule has 1 aromatic heterocycles. The Balaban J connectivity index is 1.30. The topological polar surface area (TPSA) is 90.0 Å². The molecule has 178 valence electrons. The van der Waals surface area contributed by atoms with Crippen molar-refractivity contribution < 1.29 is 23.8 Å². The van der Waals surface area contributed by atoms with Gasteiger partial charge >= 0.3 is 0 Å². The van der Waals surface area contributed by atoms with Gasteiger partial charge in [0.1, 0.15) is 5.01 Å². The Morgan fingerprint density at radius 2 is 1.79 bits per heavy atom. The first kappa shape index (κ1) is 23.7. The summed E-state index contributed by atoms with van der Waals surface area (Å²) in [6.07, 6.45) is 0.192. The first-order valence-electron chi connectivity index (χ1n) is 11.0. The van der Waals surface area contributed by atoms with Gasteiger partial charge in [0.25, 0.3) is 5.91 Å². The number of thiazole rings is 1. The van der Waals surface area contributed by atoms with Gasteiger partial charge < -0.3 is 24.4 Å². The van der Waals surface area contributed by atoms with Gasteiger partial charge in [0.15, 0.2) is 11.5 Å². The van der Waals surface area contributed by atoms with Crippen LogP contribution in [-0.2, 0) is 22.5 Å². The Morgan fingerprint density at radius 3 is 2.50 bits per heavy atom. The van der Waals surface area contributed by atoms with Crippen LogP contribution < -0.4 is 14.8 Å². The number of carbonyl (C=O) groups is 2. The van der Waals surface area contributed by atoms with E-state index < -0.39 is 0 Å². The number of ether oxygens (including phenoxy) is 3. The summed E-state index contributed by atoms with van der Waals surface area (Å²) in [6, 6.07) is 13.0. The smallest absolute Gasteiger partial charge is 0.254 e. The summed E-state index contributed by atoms with van der Waals surface area (Å²) in [4.78, 5) is 31.4. The highest BCUT2D eigenvalue weighted by Crippen LogP contribution is 2.33. The molecule has 0 atom stereocenters. The second kappa shape index (κ2) is 11.1. The van der Waals surface area contributed by atoms with Gasteiger partial charge in [0, 0.05) is 36.1 Å². The molecule has 0 unspecified atom stereocenters. The first-order valence-corrected chi connectivity index (χ1v) is 11.8. The number of hydrogen-bond donors (Lipinski definition) is 1. The third-order valence-electron chi connectivity index (χ3n) is 5.51. The maximum absolute atomic E-state index is 12.5. The molecule has 1 aliphatic heterocycles. The SMILES string of the molecule is COc1ccc(-c2nc(CC(=O)NCc3ccc(C(=O)N4CCOCC4)cc3)cs2)cc1OC. The van der Waals surface area contributed by atoms with Crippen LogP contribution in [0.4, 0.5) is 0 Å². The normalized spacial score (nSPS) is 13.4. The fourth-order valence-electron chi connectivity index (χ4n) is 3.63. The number of carbonyl (C=O) groups excluding carboxylic acids is 2. The molecule has 0 saturated carbocycles. The van der Waals surface area contributed by atoms with Gasteiger partial charge in [-0.25, -0.2) is 4.98 Å². The maximum atomic E-state index is 12.5. The molecule has 0 radical (unpaired) electrons. The van der Waals surface area contributed by atoms with Crippen molar-refractivity contribution in [2.24, 2.45) is 0 Å². The van der Waals surface area contributed by atoms with E-state index in [1.54, 1.807) is 31.3 Å². The van der Waals surface area contributed by atoms with E-state index >= 15 is 0 Å². The number of benzene rings is 2. The lowest BCUT2D eigenvalue weighted by Crippen LogP contribution is -2.40. The third-order valence-corrected chi connectivity index (χ3v) is 6.45. The van der Waals surface area contributed by atoms with Crippen LogP contribution in [-0.4, -0.2) is 62.2 Å². The second-order valence-corrected chi connectivity index (χ2v) is 8.63. The molecular weight excluding hydrogens is 454 g/mol. The fraction of sp³-hybridized carbons (Fsp3) is 0.320. The second-order valence-electron chi connectivity index (χ2n) is 7.77. The molecule has 4 rings (SSSR count). The number of nitrogens with zero attached hydrogens (tertiary/aromatic N) is 2. The first-order chi connectivity index (χ1) is 16.6. The van der Waals surface area contributed by atoms with E-state index in [4.69, 9.17) is 14.2 Å². The molecule has 0 aliphatic carbocycles. The molecule has 1 N–H and O–H groups in total. The van der Waals surface area contributed by atoms with Crippen LogP contribution in [0.2, 0.25) is 0 Å². The predicted octanol–water partition coefficient (Wildman–Crippen LogP) is 3.16. The summed E-state index contributed by atoms with van der Waals surface area (Å²) < 4.78 is 15.9. The fourth-order valence-corrected chi connectivity index (χ4v) is 4.45. The molecule has 0 spiro atoms. The average molecular weight is 482 g/mol. The number of methoxy groups -OCH3 is 2. The van der Waals surface area contributed by atoms with Crippen molar-refractivity contribution in [3.63, 3.8) is 0 Å². The number of aromatic nitrogens is 1. The van der Waals surface area contributed by atoms with Crippen LogP contribution in [0.5, 0.6) is 11.5 Å².